The Hall–Kier alpha value is -2.87. The number of carbonyl (C=O) groups is 1. The van der Waals surface area contributed by atoms with Crippen molar-refractivity contribution in [1.29, 1.82) is 0 Å². The van der Waals surface area contributed by atoms with Crippen LogP contribution < -0.4 is 19.3 Å². The second kappa shape index (κ2) is 9.51. The summed E-state index contributed by atoms with van der Waals surface area (Å²) in [5.41, 5.74) is 1.93. The topological polar surface area (TPSA) is 84.9 Å². The summed E-state index contributed by atoms with van der Waals surface area (Å²) < 4.78 is 11.7. The Bertz CT molecular complexity index is 980. The molecule has 2 aliphatic rings. The first-order valence-corrected chi connectivity index (χ1v) is 10.9. The molecule has 1 saturated heterocycles. The molecule has 0 aliphatic carbocycles. The molecule has 2 heterocycles. The Labute approximate surface area is 182 Å². The molecule has 0 aromatic heterocycles. The van der Waals surface area contributed by atoms with Gasteiger partial charge in [0.2, 0.25) is 5.78 Å². The lowest BCUT2D eigenvalue weighted by Crippen LogP contribution is -3.27. The smallest absolute Gasteiger partial charge is 0.231 e. The Kier molecular flexibility index (Phi) is 6.56. The number of rotatable bonds is 7. The van der Waals surface area contributed by atoms with Gasteiger partial charge < -0.3 is 29.5 Å². The molecule has 0 spiro atoms. The zero-order chi connectivity index (χ0) is 21.8. The molecular formula is C24H30N2O5+2. The third-order valence-corrected chi connectivity index (χ3v) is 5.98. The number of Topliss-reactive ketones (excluding diaryl/α,β-unsaturated/α-hetero) is 1. The van der Waals surface area contributed by atoms with Gasteiger partial charge in [0.15, 0.2) is 11.5 Å². The monoisotopic (exact) mass is 426 g/mol. The molecule has 2 aromatic rings. The fraction of sp³-hybridized carbons (Fsp3) is 0.375. The molecule has 0 atom stereocenters. The van der Waals surface area contributed by atoms with Crippen molar-refractivity contribution in [2.45, 2.75) is 13.5 Å². The van der Waals surface area contributed by atoms with Crippen LogP contribution in [0.2, 0.25) is 0 Å². The van der Waals surface area contributed by atoms with Crippen molar-refractivity contribution in [3.05, 3.63) is 58.8 Å². The van der Waals surface area contributed by atoms with E-state index in [0.29, 0.717) is 35.8 Å². The van der Waals surface area contributed by atoms with Gasteiger partial charge in [-0.15, -0.1) is 0 Å². The number of nitrogens with one attached hydrogen (secondary N) is 2. The van der Waals surface area contributed by atoms with E-state index in [0.717, 1.165) is 38.3 Å². The first-order chi connectivity index (χ1) is 15.1. The molecule has 4 N–H and O–H groups in total. The quantitative estimate of drug-likeness (QED) is 0.456. The van der Waals surface area contributed by atoms with Crippen LogP contribution in [0.25, 0.3) is 6.08 Å². The summed E-state index contributed by atoms with van der Waals surface area (Å²) in [6, 6.07) is 10.7. The van der Waals surface area contributed by atoms with Gasteiger partial charge in [-0.1, -0.05) is 18.2 Å². The van der Waals surface area contributed by atoms with Gasteiger partial charge in [-0.05, 0) is 31.2 Å². The van der Waals surface area contributed by atoms with E-state index in [1.54, 1.807) is 18.2 Å². The second-order valence-corrected chi connectivity index (χ2v) is 8.00. The van der Waals surface area contributed by atoms with Gasteiger partial charge in [0.05, 0.1) is 24.3 Å². The lowest BCUT2D eigenvalue weighted by Gasteiger charge is -2.29. The molecular weight excluding hydrogens is 396 g/mol. The van der Waals surface area contributed by atoms with Gasteiger partial charge >= 0.3 is 0 Å². The lowest BCUT2D eigenvalue weighted by atomic mass is 10.0. The number of phenolic OH excluding ortho intramolecular Hbond substituents is 1. The third-order valence-electron chi connectivity index (χ3n) is 5.98. The number of allylic oxidation sites excluding steroid dienone is 1. The molecule has 0 unspecified atom stereocenters. The number of aliphatic hydroxyl groups excluding tert-OH is 1. The van der Waals surface area contributed by atoms with Gasteiger partial charge in [0, 0.05) is 5.56 Å². The van der Waals surface area contributed by atoms with E-state index >= 15 is 0 Å². The van der Waals surface area contributed by atoms with Crippen LogP contribution in [0, 0.1) is 0 Å². The number of fused-ring (bicyclic) bond motifs is 1. The standard InChI is InChI=1S/C24H28N2O5/c1-2-30-21-6-4-3-5-17(21)15-22-23(29)18-7-8-20(28)19(24(18)31-22)16-26-11-9-25(10-12-26)13-14-27/h3-8,15,27-28H,2,9-14,16H2,1H3/p+2/b22-15-. The zero-order valence-electron chi connectivity index (χ0n) is 17.8. The second-order valence-electron chi connectivity index (χ2n) is 8.00. The molecule has 31 heavy (non-hydrogen) atoms. The molecule has 0 saturated carbocycles. The first-order valence-electron chi connectivity index (χ1n) is 10.9. The number of ether oxygens (including phenoxy) is 2. The highest BCUT2D eigenvalue weighted by atomic mass is 16.5. The lowest BCUT2D eigenvalue weighted by molar-refractivity contribution is -1.02. The van der Waals surface area contributed by atoms with E-state index < -0.39 is 0 Å². The maximum absolute atomic E-state index is 13.0. The molecule has 1 fully saturated rings. The number of carbonyl (C=O) groups excluding carboxylic acids is 1. The van der Waals surface area contributed by atoms with E-state index in [1.807, 2.05) is 31.2 Å². The molecule has 0 amide bonds. The number of aromatic hydroxyl groups is 1. The van der Waals surface area contributed by atoms with Crippen molar-refractivity contribution in [2.75, 3.05) is 45.9 Å². The predicted molar refractivity (Wildman–Crippen MR) is 116 cm³/mol. The maximum Gasteiger partial charge on any atom is 0.231 e. The summed E-state index contributed by atoms with van der Waals surface area (Å²) in [5, 5.41) is 19.7. The number of benzene rings is 2. The summed E-state index contributed by atoms with van der Waals surface area (Å²) in [5.74, 6) is 1.36. The molecule has 4 rings (SSSR count). The molecule has 0 bridgehead atoms. The van der Waals surface area contributed by atoms with Crippen LogP contribution in [-0.2, 0) is 6.54 Å². The van der Waals surface area contributed by atoms with Crippen molar-refractivity contribution in [2.24, 2.45) is 0 Å². The van der Waals surface area contributed by atoms with Crippen LogP contribution in [0.5, 0.6) is 17.2 Å². The fourth-order valence-corrected chi connectivity index (χ4v) is 4.29. The molecule has 7 heteroatoms. The number of quaternary nitrogens is 2. The van der Waals surface area contributed by atoms with Crippen LogP contribution in [0.15, 0.2) is 42.2 Å². The van der Waals surface area contributed by atoms with Crippen LogP contribution in [0.3, 0.4) is 0 Å². The average molecular weight is 427 g/mol. The minimum atomic E-state index is -0.185. The maximum atomic E-state index is 13.0. The zero-order valence-corrected chi connectivity index (χ0v) is 17.8. The van der Waals surface area contributed by atoms with E-state index in [2.05, 4.69) is 0 Å². The fourth-order valence-electron chi connectivity index (χ4n) is 4.29. The first kappa shape index (κ1) is 21.4. The van der Waals surface area contributed by atoms with Gasteiger partial charge in [-0.3, -0.25) is 4.79 Å². The summed E-state index contributed by atoms with van der Waals surface area (Å²) in [7, 11) is 0. The largest absolute Gasteiger partial charge is 0.507 e. The molecule has 2 aromatic carbocycles. The van der Waals surface area contributed by atoms with Gasteiger partial charge in [-0.25, -0.2) is 0 Å². The van der Waals surface area contributed by atoms with Crippen molar-refractivity contribution in [1.82, 2.24) is 0 Å². The van der Waals surface area contributed by atoms with Crippen molar-refractivity contribution >= 4 is 11.9 Å². The molecule has 7 nitrogen and oxygen atoms in total. The van der Waals surface area contributed by atoms with Crippen molar-refractivity contribution in [3.63, 3.8) is 0 Å². The van der Waals surface area contributed by atoms with Crippen LogP contribution in [-0.4, -0.2) is 61.9 Å². The molecule has 0 radical (unpaired) electrons. The Morgan fingerprint density at radius 2 is 1.84 bits per heavy atom. The Morgan fingerprint density at radius 3 is 2.58 bits per heavy atom. The molecule has 2 aliphatic heterocycles. The van der Waals surface area contributed by atoms with E-state index in [4.69, 9.17) is 14.6 Å². The minimum Gasteiger partial charge on any atom is -0.507 e. The van der Waals surface area contributed by atoms with Crippen LogP contribution in [0.4, 0.5) is 0 Å². The highest BCUT2D eigenvalue weighted by Crippen LogP contribution is 2.39. The third kappa shape index (κ3) is 4.58. The number of piperazine rings is 1. The highest BCUT2D eigenvalue weighted by molar-refractivity contribution is 6.15. The van der Waals surface area contributed by atoms with Crippen molar-refractivity contribution < 1.29 is 34.3 Å². The summed E-state index contributed by atoms with van der Waals surface area (Å²) in [6.07, 6.45) is 1.71. The summed E-state index contributed by atoms with van der Waals surface area (Å²) in [6.45, 7) is 7.85. The van der Waals surface area contributed by atoms with Gasteiger partial charge in [-0.2, -0.15) is 0 Å². The highest BCUT2D eigenvalue weighted by Gasteiger charge is 2.33. The van der Waals surface area contributed by atoms with Gasteiger partial charge in [0.25, 0.3) is 0 Å². The predicted octanol–water partition coefficient (Wildman–Crippen LogP) is -0.317. The number of hydrogen-bond acceptors (Lipinski definition) is 5. The Balaban J connectivity index is 1.56. The SMILES string of the molecule is CCOc1ccccc1/C=C1\Oc2c(ccc(O)c2C[NH+]2CC[NH+](CCO)CC2)C1=O. The summed E-state index contributed by atoms with van der Waals surface area (Å²) >= 11 is 0. The number of ketones is 1. The number of phenols is 1. The number of para-hydroxylation sites is 1. The van der Waals surface area contributed by atoms with Crippen LogP contribution in [0.1, 0.15) is 28.4 Å². The average Bonchev–Trinajstić information content (AvgIpc) is 3.09. The normalized spacial score (nSPS) is 21.7. The van der Waals surface area contributed by atoms with Gasteiger partial charge in [0.1, 0.15) is 50.8 Å². The minimum absolute atomic E-state index is 0.153. The van der Waals surface area contributed by atoms with E-state index in [-0.39, 0.29) is 23.9 Å². The van der Waals surface area contributed by atoms with Crippen molar-refractivity contribution in [3.8, 4) is 17.2 Å². The van der Waals surface area contributed by atoms with E-state index in [1.165, 1.54) is 9.80 Å². The summed E-state index contributed by atoms with van der Waals surface area (Å²) in [4.78, 5) is 15.7. The number of aliphatic hydroxyl groups is 1. The van der Waals surface area contributed by atoms with E-state index in [9.17, 15) is 9.90 Å². The van der Waals surface area contributed by atoms with Crippen LogP contribution >= 0.6 is 0 Å². The molecule has 164 valence electrons. The Morgan fingerprint density at radius 1 is 1.10 bits per heavy atom. The number of hydrogen-bond donors (Lipinski definition) is 4.